The summed E-state index contributed by atoms with van der Waals surface area (Å²) in [4.78, 5) is 25.2. The number of allylic oxidation sites excluding steroid dienone is 1. The lowest BCUT2D eigenvalue weighted by molar-refractivity contribution is -0.221. The van der Waals surface area contributed by atoms with Crippen molar-refractivity contribution in [3.63, 3.8) is 0 Å². The molecule has 0 heterocycles. The molecule has 0 radical (unpaired) electrons. The zero-order valence-electron chi connectivity index (χ0n) is 20.3. The number of carbonyl (C=O) groups excluding carboxylic acids is 2. The summed E-state index contributed by atoms with van der Waals surface area (Å²) in [6.07, 6.45) is 11.7. The first-order chi connectivity index (χ1) is 14.5. The summed E-state index contributed by atoms with van der Waals surface area (Å²) >= 11 is 0. The van der Waals surface area contributed by atoms with Crippen LogP contribution in [0.25, 0.3) is 0 Å². The predicted molar refractivity (Wildman–Crippen MR) is 124 cm³/mol. The minimum Gasteiger partial charge on any atom is -0.369 e. The highest BCUT2D eigenvalue weighted by atomic mass is 16.1. The average molecular weight is 426 g/mol. The molecule has 0 saturated heterocycles. The molecule has 9 atom stereocenters. The lowest BCUT2D eigenvalue weighted by atomic mass is 9.33. The summed E-state index contributed by atoms with van der Waals surface area (Å²) < 4.78 is 0. The van der Waals surface area contributed by atoms with Crippen molar-refractivity contribution in [2.75, 3.05) is 0 Å². The van der Waals surface area contributed by atoms with Crippen molar-refractivity contribution in [1.82, 2.24) is 0 Å². The smallest absolute Gasteiger partial charge is 0.223 e. The van der Waals surface area contributed by atoms with Gasteiger partial charge < -0.3 is 5.73 Å². The summed E-state index contributed by atoms with van der Waals surface area (Å²) in [6.45, 7) is 14.2. The summed E-state index contributed by atoms with van der Waals surface area (Å²) in [5.41, 5.74) is 7.93. The fraction of sp³-hybridized carbons (Fsp3) is 0.857. The van der Waals surface area contributed by atoms with Gasteiger partial charge in [0.2, 0.25) is 5.91 Å². The number of Topliss-reactive ketones (excluding diaryl/α,β-unsaturated/α-hetero) is 1. The van der Waals surface area contributed by atoms with E-state index in [0.717, 1.165) is 44.9 Å². The van der Waals surface area contributed by atoms with Crippen LogP contribution in [0.2, 0.25) is 0 Å². The number of amides is 1. The standard InChI is InChI=1S/C28H43NO2/c1-17(2)20-10-13-28(24(29)31)15-14-26(4)21(23(20)28)6-7-22-25(3)11-9-19(30)16-18(25)8-12-27(22,26)5/h18,20-23H,1,6-16H2,2-5H3,(H2,29,31)/t18-,20-,21-,22+,23-,25+,26-,27+,28+/m1/s1. The Bertz CT molecular complexity index is 833. The number of hydrogen-bond acceptors (Lipinski definition) is 2. The molecule has 0 aromatic rings. The molecule has 2 N–H and O–H groups in total. The number of primary amides is 1. The van der Waals surface area contributed by atoms with Crippen LogP contribution in [0, 0.1) is 51.2 Å². The Kier molecular flexibility index (Phi) is 4.69. The first-order valence-electron chi connectivity index (χ1n) is 13.0. The number of ketones is 1. The third kappa shape index (κ3) is 2.58. The molecule has 0 aromatic carbocycles. The van der Waals surface area contributed by atoms with Gasteiger partial charge in [-0.05, 0) is 111 Å². The lowest BCUT2D eigenvalue weighted by Crippen LogP contribution is -2.65. The van der Waals surface area contributed by atoms with Crippen LogP contribution in [0.1, 0.15) is 98.3 Å². The number of hydrogen-bond donors (Lipinski definition) is 1. The van der Waals surface area contributed by atoms with Crippen molar-refractivity contribution < 1.29 is 9.59 Å². The van der Waals surface area contributed by atoms with Gasteiger partial charge in [0.05, 0.1) is 5.41 Å². The fourth-order valence-electron chi connectivity index (χ4n) is 10.5. The minimum absolute atomic E-state index is 0.0444. The van der Waals surface area contributed by atoms with Gasteiger partial charge in [0.25, 0.3) is 0 Å². The van der Waals surface area contributed by atoms with Gasteiger partial charge in [0, 0.05) is 12.8 Å². The molecule has 5 fully saturated rings. The summed E-state index contributed by atoms with van der Waals surface area (Å²) in [6, 6.07) is 0. The Hall–Kier alpha value is -1.12. The molecule has 5 aliphatic rings. The van der Waals surface area contributed by atoms with E-state index in [1.165, 1.54) is 31.3 Å². The molecule has 0 spiro atoms. The maximum Gasteiger partial charge on any atom is 0.223 e. The van der Waals surface area contributed by atoms with Crippen LogP contribution in [0.4, 0.5) is 0 Å². The van der Waals surface area contributed by atoms with Crippen molar-refractivity contribution in [2.45, 2.75) is 98.3 Å². The Morgan fingerprint density at radius 1 is 0.968 bits per heavy atom. The van der Waals surface area contributed by atoms with E-state index in [9.17, 15) is 9.59 Å². The maximum atomic E-state index is 12.9. The highest BCUT2D eigenvalue weighted by Gasteiger charge is 2.70. The van der Waals surface area contributed by atoms with Gasteiger partial charge in [0.1, 0.15) is 5.78 Å². The molecule has 31 heavy (non-hydrogen) atoms. The zero-order chi connectivity index (χ0) is 22.4. The van der Waals surface area contributed by atoms with Crippen molar-refractivity contribution in [2.24, 2.45) is 57.0 Å². The summed E-state index contributed by atoms with van der Waals surface area (Å²) in [7, 11) is 0. The number of nitrogens with two attached hydrogens (primary N) is 1. The minimum atomic E-state index is -0.310. The lowest BCUT2D eigenvalue weighted by Gasteiger charge is -2.71. The van der Waals surface area contributed by atoms with Crippen molar-refractivity contribution in [3.8, 4) is 0 Å². The van der Waals surface area contributed by atoms with Gasteiger partial charge in [-0.25, -0.2) is 0 Å². The van der Waals surface area contributed by atoms with E-state index in [0.29, 0.717) is 40.8 Å². The maximum absolute atomic E-state index is 12.9. The van der Waals surface area contributed by atoms with Gasteiger partial charge in [-0.15, -0.1) is 0 Å². The molecule has 5 saturated carbocycles. The predicted octanol–water partition coefficient (Wildman–Crippen LogP) is 6.06. The Balaban J connectivity index is 1.56. The topological polar surface area (TPSA) is 60.2 Å². The Morgan fingerprint density at radius 2 is 1.71 bits per heavy atom. The highest BCUT2D eigenvalue weighted by molar-refractivity contribution is 5.82. The van der Waals surface area contributed by atoms with Crippen LogP contribution in [-0.4, -0.2) is 11.7 Å². The van der Waals surface area contributed by atoms with E-state index in [-0.39, 0.29) is 22.2 Å². The molecular weight excluding hydrogens is 382 g/mol. The van der Waals surface area contributed by atoms with Crippen molar-refractivity contribution in [1.29, 1.82) is 0 Å². The number of fused-ring (bicyclic) bond motifs is 7. The quantitative estimate of drug-likeness (QED) is 0.546. The normalized spacial score (nSPS) is 53.7. The van der Waals surface area contributed by atoms with Crippen LogP contribution in [0.15, 0.2) is 12.2 Å². The SMILES string of the molecule is C=C(C)[C@H]1CC[C@]2(C(N)=O)CC[C@]3(C)[C@H](CC[C@H]4[C@@]5(C)CCC(=O)C[C@H]5CC[C@@]43C)[C@@H]12. The molecule has 0 bridgehead atoms. The molecule has 5 aliphatic carbocycles. The largest absolute Gasteiger partial charge is 0.369 e. The highest BCUT2D eigenvalue weighted by Crippen LogP contribution is 2.76. The summed E-state index contributed by atoms with van der Waals surface area (Å²) in [5.74, 6) is 3.09. The van der Waals surface area contributed by atoms with Crippen LogP contribution < -0.4 is 5.73 Å². The molecule has 3 nitrogen and oxygen atoms in total. The zero-order valence-corrected chi connectivity index (χ0v) is 20.3. The van der Waals surface area contributed by atoms with E-state index < -0.39 is 0 Å². The molecule has 5 rings (SSSR count). The monoisotopic (exact) mass is 425 g/mol. The van der Waals surface area contributed by atoms with Crippen molar-refractivity contribution in [3.05, 3.63) is 12.2 Å². The van der Waals surface area contributed by atoms with Crippen LogP contribution >= 0.6 is 0 Å². The van der Waals surface area contributed by atoms with Gasteiger partial charge in [-0.1, -0.05) is 32.9 Å². The molecular formula is C28H43NO2. The van der Waals surface area contributed by atoms with Gasteiger partial charge >= 0.3 is 0 Å². The molecule has 0 aliphatic heterocycles. The second-order valence-corrected chi connectivity index (χ2v) is 13.1. The second-order valence-electron chi connectivity index (χ2n) is 13.1. The van der Waals surface area contributed by atoms with Crippen LogP contribution in [-0.2, 0) is 9.59 Å². The van der Waals surface area contributed by atoms with Gasteiger partial charge in [-0.3, -0.25) is 9.59 Å². The molecule has 1 amide bonds. The number of carbonyl (C=O) groups is 2. The fourth-order valence-corrected chi connectivity index (χ4v) is 10.5. The van der Waals surface area contributed by atoms with E-state index in [1.54, 1.807) is 0 Å². The first kappa shape index (κ1) is 21.7. The van der Waals surface area contributed by atoms with E-state index in [4.69, 9.17) is 5.73 Å². The third-order valence-electron chi connectivity index (χ3n) is 12.4. The van der Waals surface area contributed by atoms with Crippen LogP contribution in [0.3, 0.4) is 0 Å². The first-order valence-corrected chi connectivity index (χ1v) is 13.0. The van der Waals surface area contributed by atoms with E-state index in [2.05, 4.69) is 34.3 Å². The molecule has 0 aromatic heterocycles. The average Bonchev–Trinajstić information content (AvgIpc) is 3.11. The molecule has 0 unspecified atom stereocenters. The van der Waals surface area contributed by atoms with Crippen LogP contribution in [0.5, 0.6) is 0 Å². The molecule has 172 valence electrons. The van der Waals surface area contributed by atoms with Crippen molar-refractivity contribution >= 4 is 11.7 Å². The number of rotatable bonds is 2. The Labute approximate surface area is 189 Å². The second kappa shape index (κ2) is 6.70. The van der Waals surface area contributed by atoms with E-state index >= 15 is 0 Å². The third-order valence-corrected chi connectivity index (χ3v) is 12.4. The van der Waals surface area contributed by atoms with Gasteiger partial charge in [-0.2, -0.15) is 0 Å². The van der Waals surface area contributed by atoms with Gasteiger partial charge in [0.15, 0.2) is 0 Å². The van der Waals surface area contributed by atoms with E-state index in [1.807, 2.05) is 0 Å². The molecule has 3 heteroatoms. The summed E-state index contributed by atoms with van der Waals surface area (Å²) in [5, 5.41) is 0. The Morgan fingerprint density at radius 3 is 2.39 bits per heavy atom.